The molecule has 5 heteroatoms. The first-order chi connectivity index (χ1) is 10.2. The average molecular weight is 289 g/mol. The van der Waals surface area contributed by atoms with Crippen LogP contribution in [-0.2, 0) is 17.7 Å². The predicted molar refractivity (Wildman–Crippen MR) is 77.9 cm³/mol. The highest BCUT2D eigenvalue weighted by atomic mass is 16.5. The minimum absolute atomic E-state index is 0.0272. The molecule has 0 aliphatic heterocycles. The predicted octanol–water partition coefficient (Wildman–Crippen LogP) is 1.76. The van der Waals surface area contributed by atoms with Crippen molar-refractivity contribution in [1.29, 1.82) is 0 Å². The van der Waals surface area contributed by atoms with E-state index in [0.717, 1.165) is 12.0 Å². The highest BCUT2D eigenvalue weighted by molar-refractivity contribution is 5.88. The quantitative estimate of drug-likeness (QED) is 0.760. The molecule has 0 fully saturated rings. The monoisotopic (exact) mass is 289 g/mol. The molecule has 0 aliphatic carbocycles. The molecule has 0 unspecified atom stereocenters. The zero-order valence-corrected chi connectivity index (χ0v) is 11.9. The Morgan fingerprint density at radius 2 is 2.14 bits per heavy atom. The van der Waals surface area contributed by atoms with Crippen molar-refractivity contribution in [2.75, 3.05) is 13.7 Å². The third-order valence-electron chi connectivity index (χ3n) is 3.19. The first kappa shape index (κ1) is 15.3. The Hall–Kier alpha value is -2.11. The molecule has 0 spiro atoms. The van der Waals surface area contributed by atoms with Crippen molar-refractivity contribution in [2.45, 2.75) is 19.0 Å². The van der Waals surface area contributed by atoms with Crippen LogP contribution in [0.1, 0.15) is 21.7 Å². The second kappa shape index (κ2) is 7.61. The minimum Gasteiger partial charge on any atom is -0.467 e. The van der Waals surface area contributed by atoms with Gasteiger partial charge in [0.15, 0.2) is 0 Å². The molecule has 0 saturated heterocycles. The standard InChI is InChI=1S/C16H19NO4/c1-20-16(19)13-8-15(21-11-13)9-17-14(10-18)7-12-5-3-2-4-6-12/h2-6,8,11,14,17-18H,7,9-10H2,1H3/t14-/m1/s1. The van der Waals surface area contributed by atoms with Crippen molar-refractivity contribution in [1.82, 2.24) is 5.32 Å². The summed E-state index contributed by atoms with van der Waals surface area (Å²) in [5.74, 6) is 0.204. The SMILES string of the molecule is COC(=O)c1coc(CN[C@@H](CO)Cc2ccccc2)c1. The van der Waals surface area contributed by atoms with Crippen LogP contribution in [0.15, 0.2) is 47.1 Å². The maximum Gasteiger partial charge on any atom is 0.341 e. The molecule has 0 amide bonds. The molecular formula is C16H19NO4. The second-order valence-electron chi connectivity index (χ2n) is 4.74. The lowest BCUT2D eigenvalue weighted by Gasteiger charge is -2.15. The van der Waals surface area contributed by atoms with Crippen molar-refractivity contribution in [3.63, 3.8) is 0 Å². The number of hydrogen-bond acceptors (Lipinski definition) is 5. The van der Waals surface area contributed by atoms with Crippen LogP contribution in [0.25, 0.3) is 0 Å². The van der Waals surface area contributed by atoms with E-state index in [1.54, 1.807) is 6.07 Å². The number of rotatable bonds is 7. The highest BCUT2D eigenvalue weighted by Gasteiger charge is 2.12. The molecular weight excluding hydrogens is 270 g/mol. The molecule has 0 saturated carbocycles. The number of methoxy groups -OCH3 is 1. The van der Waals surface area contributed by atoms with E-state index in [-0.39, 0.29) is 12.6 Å². The number of nitrogens with one attached hydrogen (secondary N) is 1. The number of carbonyl (C=O) groups is 1. The summed E-state index contributed by atoms with van der Waals surface area (Å²) in [5.41, 5.74) is 1.54. The first-order valence-corrected chi connectivity index (χ1v) is 6.77. The highest BCUT2D eigenvalue weighted by Crippen LogP contribution is 2.10. The van der Waals surface area contributed by atoms with Crippen LogP contribution in [0.4, 0.5) is 0 Å². The van der Waals surface area contributed by atoms with E-state index in [1.807, 2.05) is 30.3 Å². The van der Waals surface area contributed by atoms with Crippen LogP contribution in [0, 0.1) is 0 Å². The Balaban J connectivity index is 1.88. The van der Waals surface area contributed by atoms with E-state index >= 15 is 0 Å². The molecule has 2 rings (SSSR count). The Bertz CT molecular complexity index is 565. The third kappa shape index (κ3) is 4.44. The number of hydrogen-bond donors (Lipinski definition) is 2. The molecule has 0 aliphatic rings. The normalized spacial score (nSPS) is 12.1. The summed E-state index contributed by atoms with van der Waals surface area (Å²) in [5, 5.41) is 12.6. The van der Waals surface area contributed by atoms with Crippen LogP contribution in [0.3, 0.4) is 0 Å². The van der Waals surface area contributed by atoms with E-state index < -0.39 is 5.97 Å². The van der Waals surface area contributed by atoms with Crippen LogP contribution in [0.2, 0.25) is 0 Å². The van der Waals surface area contributed by atoms with Gasteiger partial charge in [-0.25, -0.2) is 4.79 Å². The van der Waals surface area contributed by atoms with E-state index in [4.69, 9.17) is 4.42 Å². The fraction of sp³-hybridized carbons (Fsp3) is 0.312. The average Bonchev–Trinajstić information content (AvgIpc) is 3.00. The van der Waals surface area contributed by atoms with Gasteiger partial charge in [0.2, 0.25) is 0 Å². The number of aliphatic hydroxyl groups is 1. The van der Waals surface area contributed by atoms with Gasteiger partial charge >= 0.3 is 5.97 Å². The number of carbonyl (C=O) groups excluding carboxylic acids is 1. The Labute approximate surface area is 123 Å². The maximum atomic E-state index is 11.3. The van der Waals surface area contributed by atoms with Crippen LogP contribution in [0.5, 0.6) is 0 Å². The van der Waals surface area contributed by atoms with E-state index in [2.05, 4.69) is 10.1 Å². The summed E-state index contributed by atoms with van der Waals surface area (Å²) in [4.78, 5) is 11.3. The molecule has 21 heavy (non-hydrogen) atoms. The molecule has 0 radical (unpaired) electrons. The zero-order chi connectivity index (χ0) is 15.1. The third-order valence-corrected chi connectivity index (χ3v) is 3.19. The van der Waals surface area contributed by atoms with Crippen molar-refractivity contribution >= 4 is 5.97 Å². The van der Waals surface area contributed by atoms with Gasteiger partial charge in [-0.2, -0.15) is 0 Å². The number of furan rings is 1. The number of aliphatic hydroxyl groups excluding tert-OH is 1. The fourth-order valence-electron chi connectivity index (χ4n) is 2.04. The summed E-state index contributed by atoms with van der Waals surface area (Å²) in [6.07, 6.45) is 2.09. The molecule has 1 aromatic heterocycles. The van der Waals surface area contributed by atoms with Crippen molar-refractivity contribution < 1.29 is 19.1 Å². The number of esters is 1. The molecule has 2 aromatic rings. The maximum absolute atomic E-state index is 11.3. The number of ether oxygens (including phenoxy) is 1. The van der Waals surface area contributed by atoms with E-state index in [1.165, 1.54) is 13.4 Å². The van der Waals surface area contributed by atoms with Crippen molar-refractivity contribution in [3.8, 4) is 0 Å². The topological polar surface area (TPSA) is 71.7 Å². The zero-order valence-electron chi connectivity index (χ0n) is 11.9. The lowest BCUT2D eigenvalue weighted by atomic mass is 10.1. The molecule has 112 valence electrons. The largest absolute Gasteiger partial charge is 0.467 e. The summed E-state index contributed by atoms with van der Waals surface area (Å²) in [6, 6.07) is 11.5. The van der Waals surface area contributed by atoms with Gasteiger partial charge in [0.25, 0.3) is 0 Å². The smallest absolute Gasteiger partial charge is 0.341 e. The minimum atomic E-state index is -0.423. The van der Waals surface area contributed by atoms with E-state index in [9.17, 15) is 9.90 Å². The second-order valence-corrected chi connectivity index (χ2v) is 4.74. The van der Waals surface area contributed by atoms with Gasteiger partial charge in [0.1, 0.15) is 12.0 Å². The summed E-state index contributed by atoms with van der Waals surface area (Å²) in [6.45, 7) is 0.467. The van der Waals surface area contributed by atoms with Crippen LogP contribution < -0.4 is 5.32 Å². The van der Waals surface area contributed by atoms with Gasteiger partial charge in [-0.15, -0.1) is 0 Å². The molecule has 0 bridgehead atoms. The van der Waals surface area contributed by atoms with Gasteiger partial charge in [0, 0.05) is 6.04 Å². The van der Waals surface area contributed by atoms with E-state index in [0.29, 0.717) is 17.9 Å². The Morgan fingerprint density at radius 1 is 1.38 bits per heavy atom. The van der Waals surface area contributed by atoms with Crippen molar-refractivity contribution in [2.24, 2.45) is 0 Å². The molecule has 1 heterocycles. The lowest BCUT2D eigenvalue weighted by Crippen LogP contribution is -2.33. The van der Waals surface area contributed by atoms with Crippen LogP contribution >= 0.6 is 0 Å². The lowest BCUT2D eigenvalue weighted by molar-refractivity contribution is 0.0600. The number of benzene rings is 1. The molecule has 5 nitrogen and oxygen atoms in total. The van der Waals surface area contributed by atoms with Crippen LogP contribution in [-0.4, -0.2) is 30.8 Å². The molecule has 1 atom stereocenters. The molecule has 2 N–H and O–H groups in total. The first-order valence-electron chi connectivity index (χ1n) is 6.77. The fourth-order valence-corrected chi connectivity index (χ4v) is 2.04. The van der Waals surface area contributed by atoms with Crippen molar-refractivity contribution in [3.05, 3.63) is 59.5 Å². The van der Waals surface area contributed by atoms with Gasteiger partial charge < -0.3 is 19.6 Å². The Kier molecular flexibility index (Phi) is 5.54. The van der Waals surface area contributed by atoms with Gasteiger partial charge in [-0.05, 0) is 18.1 Å². The van der Waals surface area contributed by atoms with Gasteiger partial charge in [0.05, 0.1) is 25.8 Å². The van der Waals surface area contributed by atoms with Gasteiger partial charge in [-0.3, -0.25) is 0 Å². The summed E-state index contributed by atoms with van der Waals surface area (Å²) in [7, 11) is 1.33. The van der Waals surface area contributed by atoms with Gasteiger partial charge in [-0.1, -0.05) is 30.3 Å². The summed E-state index contributed by atoms with van der Waals surface area (Å²) < 4.78 is 9.90. The molecule has 1 aromatic carbocycles. The summed E-state index contributed by atoms with van der Waals surface area (Å²) >= 11 is 0. The Morgan fingerprint density at radius 3 is 2.81 bits per heavy atom.